The molecule has 4 rings (SSSR count). The van der Waals surface area contributed by atoms with E-state index in [1.165, 1.54) is 24.9 Å². The number of carboxylic acid groups (broad SMARTS) is 1. The van der Waals surface area contributed by atoms with E-state index in [9.17, 15) is 19.5 Å². The number of aromatic carboxylic acids is 1. The van der Waals surface area contributed by atoms with Crippen LogP contribution >= 0.6 is 23.4 Å². The van der Waals surface area contributed by atoms with Crippen LogP contribution in [0.25, 0.3) is 10.8 Å². The Morgan fingerprint density at radius 2 is 1.63 bits per heavy atom. The molecule has 0 aromatic heterocycles. The first-order valence-corrected chi connectivity index (χ1v) is 12.9. The van der Waals surface area contributed by atoms with Crippen LogP contribution < -0.4 is 15.4 Å². The molecule has 0 aliphatic heterocycles. The Morgan fingerprint density at radius 1 is 0.947 bits per heavy atom. The van der Waals surface area contributed by atoms with Crippen LogP contribution in [0.5, 0.6) is 5.75 Å². The standard InChI is InChI=1S/C29H25ClN2O5S/c1-16-13-24(25(37-3)15-23(16)30)32-27(33)17(2)38-20-10-6-9-19(14-20)31-28(34)21-11-4-7-18-8-5-12-22(26(18)21)29(35)36/h4-15,17H,1-3H3,(H,31,34)(H,32,33)(H,35,36). The summed E-state index contributed by atoms with van der Waals surface area (Å²) in [6, 6.07) is 20.5. The summed E-state index contributed by atoms with van der Waals surface area (Å²) in [6.45, 7) is 3.63. The smallest absolute Gasteiger partial charge is 0.336 e. The van der Waals surface area contributed by atoms with Gasteiger partial charge >= 0.3 is 5.97 Å². The minimum atomic E-state index is -1.10. The van der Waals surface area contributed by atoms with Crippen LogP contribution in [0.4, 0.5) is 11.4 Å². The molecule has 0 heterocycles. The van der Waals surface area contributed by atoms with E-state index in [1.54, 1.807) is 67.6 Å². The molecule has 0 saturated carbocycles. The lowest BCUT2D eigenvalue weighted by Crippen LogP contribution is -2.22. The van der Waals surface area contributed by atoms with Gasteiger partial charge in [0.25, 0.3) is 5.91 Å². The normalized spacial score (nSPS) is 11.6. The predicted octanol–water partition coefficient (Wildman–Crippen LogP) is 6.88. The number of hydrogen-bond acceptors (Lipinski definition) is 5. The van der Waals surface area contributed by atoms with Gasteiger partial charge in [-0.1, -0.05) is 41.9 Å². The van der Waals surface area contributed by atoms with Gasteiger partial charge in [-0.25, -0.2) is 4.79 Å². The molecule has 2 amide bonds. The zero-order valence-electron chi connectivity index (χ0n) is 20.9. The fraction of sp³-hybridized carbons (Fsp3) is 0.138. The van der Waals surface area contributed by atoms with Gasteiger partial charge < -0.3 is 20.5 Å². The quantitative estimate of drug-likeness (QED) is 0.207. The minimum Gasteiger partial charge on any atom is -0.495 e. The average molecular weight is 549 g/mol. The van der Waals surface area contributed by atoms with E-state index in [4.69, 9.17) is 16.3 Å². The molecule has 1 unspecified atom stereocenters. The topological polar surface area (TPSA) is 105 Å². The first-order valence-electron chi connectivity index (χ1n) is 11.7. The number of carboxylic acids is 1. The lowest BCUT2D eigenvalue weighted by Gasteiger charge is -2.16. The van der Waals surface area contributed by atoms with Crippen molar-refractivity contribution in [3.8, 4) is 5.75 Å². The highest BCUT2D eigenvalue weighted by atomic mass is 35.5. The summed E-state index contributed by atoms with van der Waals surface area (Å²) in [5.74, 6) is -1.29. The Hall–Kier alpha value is -4.01. The Bertz CT molecular complexity index is 1550. The van der Waals surface area contributed by atoms with E-state index in [-0.39, 0.29) is 17.0 Å². The van der Waals surface area contributed by atoms with Crippen molar-refractivity contribution in [2.45, 2.75) is 24.0 Å². The Morgan fingerprint density at radius 3 is 2.32 bits per heavy atom. The zero-order valence-corrected chi connectivity index (χ0v) is 22.4. The van der Waals surface area contributed by atoms with Crippen LogP contribution in [-0.4, -0.2) is 35.2 Å². The van der Waals surface area contributed by atoms with Gasteiger partial charge in [0.05, 0.1) is 23.6 Å². The van der Waals surface area contributed by atoms with Crippen molar-refractivity contribution in [1.29, 1.82) is 0 Å². The number of nitrogens with one attached hydrogen (secondary N) is 2. The Balaban J connectivity index is 1.50. The van der Waals surface area contributed by atoms with Crippen LogP contribution in [0.1, 0.15) is 33.2 Å². The lowest BCUT2D eigenvalue weighted by molar-refractivity contribution is -0.115. The summed E-state index contributed by atoms with van der Waals surface area (Å²) in [5, 5.41) is 16.5. The van der Waals surface area contributed by atoms with Crippen LogP contribution in [0.2, 0.25) is 5.02 Å². The number of halogens is 1. The lowest BCUT2D eigenvalue weighted by atomic mass is 9.98. The maximum Gasteiger partial charge on any atom is 0.336 e. The van der Waals surface area contributed by atoms with Gasteiger partial charge in [-0.05, 0) is 61.2 Å². The number of amides is 2. The number of rotatable bonds is 8. The molecule has 0 aliphatic carbocycles. The van der Waals surface area contributed by atoms with Gasteiger partial charge in [-0.3, -0.25) is 9.59 Å². The molecule has 0 bridgehead atoms. The fourth-order valence-corrected chi connectivity index (χ4v) is 5.06. The molecule has 7 nitrogen and oxygen atoms in total. The monoisotopic (exact) mass is 548 g/mol. The van der Waals surface area contributed by atoms with E-state index in [0.717, 1.165) is 10.5 Å². The van der Waals surface area contributed by atoms with Crippen LogP contribution in [0.3, 0.4) is 0 Å². The van der Waals surface area contributed by atoms with Crippen LogP contribution in [0.15, 0.2) is 77.7 Å². The number of aryl methyl sites for hydroxylation is 1. The summed E-state index contributed by atoms with van der Waals surface area (Å²) in [6.07, 6.45) is 0. The molecule has 9 heteroatoms. The SMILES string of the molecule is COc1cc(Cl)c(C)cc1NC(=O)C(C)Sc1cccc(NC(=O)c2cccc3cccc(C(=O)O)c23)c1. The van der Waals surface area contributed by atoms with Gasteiger partial charge in [0, 0.05) is 32.6 Å². The molecule has 0 fully saturated rings. The van der Waals surface area contributed by atoms with E-state index in [2.05, 4.69) is 10.6 Å². The van der Waals surface area contributed by atoms with Gasteiger partial charge in [0.15, 0.2) is 0 Å². The highest BCUT2D eigenvalue weighted by Gasteiger charge is 2.19. The molecule has 4 aromatic carbocycles. The van der Waals surface area contributed by atoms with Crippen molar-refractivity contribution >= 4 is 63.3 Å². The maximum atomic E-state index is 13.2. The number of anilines is 2. The van der Waals surface area contributed by atoms with E-state index >= 15 is 0 Å². The number of ether oxygens (including phenoxy) is 1. The maximum absolute atomic E-state index is 13.2. The fourth-order valence-electron chi connectivity index (χ4n) is 3.98. The predicted molar refractivity (Wildman–Crippen MR) is 152 cm³/mol. The molecular formula is C29H25ClN2O5S. The van der Waals surface area contributed by atoms with Crippen LogP contribution in [-0.2, 0) is 4.79 Å². The number of hydrogen-bond donors (Lipinski definition) is 3. The second kappa shape index (κ2) is 11.6. The molecule has 0 spiro atoms. The number of carbonyl (C=O) groups excluding carboxylic acids is 2. The summed E-state index contributed by atoms with van der Waals surface area (Å²) >= 11 is 7.49. The van der Waals surface area contributed by atoms with Gasteiger partial charge in [-0.15, -0.1) is 11.8 Å². The number of fused-ring (bicyclic) bond motifs is 1. The highest BCUT2D eigenvalue weighted by molar-refractivity contribution is 8.00. The van der Waals surface area contributed by atoms with Crippen LogP contribution in [0, 0.1) is 6.92 Å². The van der Waals surface area contributed by atoms with Crippen molar-refractivity contribution in [2.75, 3.05) is 17.7 Å². The minimum absolute atomic E-state index is 0.0601. The number of carbonyl (C=O) groups is 3. The number of methoxy groups -OCH3 is 1. The molecule has 0 radical (unpaired) electrons. The number of thioether (sulfide) groups is 1. The van der Waals surface area contributed by atoms with Crippen molar-refractivity contribution in [2.24, 2.45) is 0 Å². The van der Waals surface area contributed by atoms with Crippen molar-refractivity contribution in [1.82, 2.24) is 0 Å². The van der Waals surface area contributed by atoms with Gasteiger partial charge in [0.2, 0.25) is 5.91 Å². The summed E-state index contributed by atoms with van der Waals surface area (Å²) in [7, 11) is 1.51. The number of benzene rings is 4. The largest absolute Gasteiger partial charge is 0.495 e. The Kier molecular flexibility index (Phi) is 8.24. The summed E-state index contributed by atoms with van der Waals surface area (Å²) in [5.41, 5.74) is 2.19. The van der Waals surface area contributed by atoms with E-state index < -0.39 is 17.1 Å². The third-order valence-corrected chi connectivity index (χ3v) is 7.39. The third kappa shape index (κ3) is 5.93. The van der Waals surface area contributed by atoms with E-state index in [0.29, 0.717) is 32.9 Å². The molecule has 194 valence electrons. The first kappa shape index (κ1) is 27.0. The molecule has 38 heavy (non-hydrogen) atoms. The molecule has 4 aromatic rings. The zero-order chi connectivity index (χ0) is 27.4. The first-order chi connectivity index (χ1) is 18.2. The van der Waals surface area contributed by atoms with E-state index in [1.807, 2.05) is 13.0 Å². The molecule has 0 saturated heterocycles. The second-order valence-corrected chi connectivity index (χ2v) is 10.4. The third-order valence-electron chi connectivity index (χ3n) is 5.89. The molecule has 1 atom stereocenters. The molecule has 3 N–H and O–H groups in total. The van der Waals surface area contributed by atoms with Gasteiger partial charge in [-0.2, -0.15) is 0 Å². The Labute approximate surface area is 229 Å². The van der Waals surface area contributed by atoms with Crippen molar-refractivity contribution in [3.63, 3.8) is 0 Å². The molecule has 0 aliphatic rings. The summed E-state index contributed by atoms with van der Waals surface area (Å²) < 4.78 is 5.34. The highest BCUT2D eigenvalue weighted by Crippen LogP contribution is 2.33. The van der Waals surface area contributed by atoms with Gasteiger partial charge in [0.1, 0.15) is 5.75 Å². The average Bonchev–Trinajstić information content (AvgIpc) is 2.89. The second-order valence-electron chi connectivity index (χ2n) is 8.55. The summed E-state index contributed by atoms with van der Waals surface area (Å²) in [4.78, 5) is 38.6. The van der Waals surface area contributed by atoms with Crippen molar-refractivity contribution < 1.29 is 24.2 Å². The van der Waals surface area contributed by atoms with Crippen molar-refractivity contribution in [3.05, 3.63) is 94.5 Å². The molecular weight excluding hydrogens is 524 g/mol.